The Morgan fingerprint density at radius 3 is 2.50 bits per heavy atom. The zero-order valence-corrected chi connectivity index (χ0v) is 13.6. The van der Waals surface area contributed by atoms with E-state index in [0.29, 0.717) is 13.1 Å². The van der Waals surface area contributed by atoms with Crippen molar-refractivity contribution in [3.8, 4) is 17.0 Å². The molecule has 0 radical (unpaired) electrons. The summed E-state index contributed by atoms with van der Waals surface area (Å²) in [7, 11) is 1.66. The predicted molar refractivity (Wildman–Crippen MR) is 95.1 cm³/mol. The van der Waals surface area contributed by atoms with E-state index in [0.717, 1.165) is 28.4 Å². The van der Waals surface area contributed by atoms with E-state index in [-0.39, 0.29) is 6.61 Å². The number of aliphatic hydroxyl groups is 1. The molecule has 24 heavy (non-hydrogen) atoms. The molecule has 1 heterocycles. The van der Waals surface area contributed by atoms with Gasteiger partial charge in [-0.1, -0.05) is 42.5 Å². The molecule has 0 aliphatic rings. The van der Waals surface area contributed by atoms with Crippen molar-refractivity contribution >= 4 is 5.82 Å². The number of benzene rings is 2. The fourth-order valence-corrected chi connectivity index (χ4v) is 2.51. The van der Waals surface area contributed by atoms with Crippen molar-refractivity contribution in [2.24, 2.45) is 0 Å². The van der Waals surface area contributed by atoms with E-state index in [4.69, 9.17) is 4.74 Å². The number of hydrogen-bond acceptors (Lipinski definition) is 4. The van der Waals surface area contributed by atoms with Crippen molar-refractivity contribution in [3.05, 3.63) is 66.2 Å². The number of nitrogens with zero attached hydrogens (tertiary/aromatic N) is 2. The molecule has 2 aromatic carbocycles. The van der Waals surface area contributed by atoms with E-state index in [1.165, 1.54) is 0 Å². The largest absolute Gasteiger partial charge is 0.497 e. The Labute approximate surface area is 141 Å². The van der Waals surface area contributed by atoms with E-state index in [2.05, 4.69) is 10.4 Å². The topological polar surface area (TPSA) is 59.3 Å². The summed E-state index contributed by atoms with van der Waals surface area (Å²) in [6.07, 6.45) is 0. The number of hydrogen-bond donors (Lipinski definition) is 2. The number of anilines is 1. The van der Waals surface area contributed by atoms with Crippen molar-refractivity contribution < 1.29 is 9.84 Å². The Bertz CT molecular complexity index is 767. The van der Waals surface area contributed by atoms with Crippen molar-refractivity contribution in [1.29, 1.82) is 0 Å². The number of rotatable bonds is 7. The second-order valence-corrected chi connectivity index (χ2v) is 5.43. The highest BCUT2D eigenvalue weighted by Crippen LogP contribution is 2.22. The standard InChI is InChI=1S/C19H21N3O2/c1-24-17-9-7-15(8-10-17)14-20-19-13-18(21-22(19)11-12-23)16-5-3-2-4-6-16/h2-10,13,20,23H,11-12,14H2,1H3. The molecule has 0 spiro atoms. The number of methoxy groups -OCH3 is 1. The van der Waals surface area contributed by atoms with Gasteiger partial charge in [-0.05, 0) is 17.7 Å². The number of ether oxygens (including phenoxy) is 1. The minimum Gasteiger partial charge on any atom is -0.497 e. The Morgan fingerprint density at radius 1 is 1.08 bits per heavy atom. The van der Waals surface area contributed by atoms with Crippen LogP contribution < -0.4 is 10.1 Å². The molecule has 0 amide bonds. The van der Waals surface area contributed by atoms with E-state index >= 15 is 0 Å². The molecule has 5 nitrogen and oxygen atoms in total. The Hall–Kier alpha value is -2.79. The summed E-state index contributed by atoms with van der Waals surface area (Å²) in [6.45, 7) is 1.18. The fourth-order valence-electron chi connectivity index (χ4n) is 2.51. The fraction of sp³-hybridized carbons (Fsp3) is 0.211. The highest BCUT2D eigenvalue weighted by Gasteiger charge is 2.09. The first-order valence-corrected chi connectivity index (χ1v) is 7.91. The van der Waals surface area contributed by atoms with Crippen molar-refractivity contribution in [3.63, 3.8) is 0 Å². The van der Waals surface area contributed by atoms with Gasteiger partial charge < -0.3 is 15.2 Å². The normalized spacial score (nSPS) is 10.6. The third-order valence-electron chi connectivity index (χ3n) is 3.79. The summed E-state index contributed by atoms with van der Waals surface area (Å²) in [6, 6.07) is 20.0. The van der Waals surface area contributed by atoms with Crippen molar-refractivity contribution in [2.45, 2.75) is 13.1 Å². The van der Waals surface area contributed by atoms with Crippen LogP contribution in [0.15, 0.2) is 60.7 Å². The lowest BCUT2D eigenvalue weighted by molar-refractivity contribution is 0.270. The van der Waals surface area contributed by atoms with Crippen LogP contribution in [0.5, 0.6) is 5.75 Å². The molecule has 2 N–H and O–H groups in total. The van der Waals surface area contributed by atoms with Gasteiger partial charge in [0.2, 0.25) is 0 Å². The van der Waals surface area contributed by atoms with Crippen LogP contribution in [0, 0.1) is 0 Å². The van der Waals surface area contributed by atoms with Gasteiger partial charge in [-0.25, -0.2) is 4.68 Å². The Morgan fingerprint density at radius 2 is 1.83 bits per heavy atom. The minimum absolute atomic E-state index is 0.0487. The first-order chi connectivity index (χ1) is 11.8. The summed E-state index contributed by atoms with van der Waals surface area (Å²) in [5.41, 5.74) is 3.09. The lowest BCUT2D eigenvalue weighted by Crippen LogP contribution is -2.10. The monoisotopic (exact) mass is 323 g/mol. The highest BCUT2D eigenvalue weighted by molar-refractivity contribution is 5.63. The third kappa shape index (κ3) is 3.75. The SMILES string of the molecule is COc1ccc(CNc2cc(-c3ccccc3)nn2CCO)cc1. The molecule has 1 aromatic heterocycles. The van der Waals surface area contributed by atoms with Crippen LogP contribution in [-0.4, -0.2) is 28.6 Å². The van der Waals surface area contributed by atoms with Gasteiger partial charge in [0.05, 0.1) is 26.0 Å². The maximum Gasteiger partial charge on any atom is 0.125 e. The first kappa shape index (κ1) is 16.1. The van der Waals surface area contributed by atoms with Crippen molar-refractivity contribution in [1.82, 2.24) is 9.78 Å². The average molecular weight is 323 g/mol. The molecule has 0 bridgehead atoms. The molecule has 0 aliphatic carbocycles. The smallest absolute Gasteiger partial charge is 0.125 e. The summed E-state index contributed by atoms with van der Waals surface area (Å²) < 4.78 is 6.97. The van der Waals surface area contributed by atoms with Crippen LogP contribution >= 0.6 is 0 Å². The second-order valence-electron chi connectivity index (χ2n) is 5.43. The average Bonchev–Trinajstić information content (AvgIpc) is 3.04. The molecule has 0 aliphatic heterocycles. The first-order valence-electron chi connectivity index (χ1n) is 7.91. The van der Waals surface area contributed by atoms with Crippen molar-refractivity contribution in [2.75, 3.05) is 19.0 Å². The van der Waals surface area contributed by atoms with E-state index in [1.807, 2.05) is 60.7 Å². The van der Waals surface area contributed by atoms with E-state index in [1.54, 1.807) is 11.8 Å². The molecule has 124 valence electrons. The summed E-state index contributed by atoms with van der Waals surface area (Å²) in [5.74, 6) is 1.73. The zero-order valence-electron chi connectivity index (χ0n) is 13.6. The van der Waals surface area contributed by atoms with Gasteiger partial charge in [-0.2, -0.15) is 5.10 Å². The van der Waals surface area contributed by atoms with Gasteiger partial charge in [-0.15, -0.1) is 0 Å². The van der Waals surface area contributed by atoms with Gasteiger partial charge in [0.25, 0.3) is 0 Å². The van der Waals surface area contributed by atoms with Crippen LogP contribution in [0.1, 0.15) is 5.56 Å². The molecular weight excluding hydrogens is 302 g/mol. The summed E-state index contributed by atoms with van der Waals surface area (Å²) in [4.78, 5) is 0. The molecule has 0 fully saturated rings. The number of aromatic nitrogens is 2. The van der Waals surface area contributed by atoms with Crippen LogP contribution in [-0.2, 0) is 13.1 Å². The van der Waals surface area contributed by atoms with Crippen LogP contribution in [0.4, 0.5) is 5.82 Å². The Balaban J connectivity index is 1.77. The van der Waals surface area contributed by atoms with E-state index in [9.17, 15) is 5.11 Å². The minimum atomic E-state index is 0.0487. The maximum absolute atomic E-state index is 9.26. The van der Waals surface area contributed by atoms with E-state index < -0.39 is 0 Å². The number of nitrogens with one attached hydrogen (secondary N) is 1. The maximum atomic E-state index is 9.26. The lowest BCUT2D eigenvalue weighted by atomic mass is 10.1. The molecule has 0 saturated heterocycles. The Kier molecular flexibility index (Phi) is 5.13. The molecule has 0 unspecified atom stereocenters. The summed E-state index contributed by atoms with van der Waals surface area (Å²) >= 11 is 0. The van der Waals surface area contributed by atoms with Gasteiger partial charge >= 0.3 is 0 Å². The molecule has 3 rings (SSSR count). The quantitative estimate of drug-likeness (QED) is 0.701. The van der Waals surface area contributed by atoms with Crippen LogP contribution in [0.2, 0.25) is 0 Å². The van der Waals surface area contributed by atoms with Gasteiger partial charge in [0, 0.05) is 18.2 Å². The third-order valence-corrected chi connectivity index (χ3v) is 3.79. The number of aliphatic hydroxyl groups excluding tert-OH is 1. The second kappa shape index (κ2) is 7.66. The molecule has 0 saturated carbocycles. The molecular formula is C19H21N3O2. The molecule has 0 atom stereocenters. The lowest BCUT2D eigenvalue weighted by Gasteiger charge is -2.09. The van der Waals surface area contributed by atoms with Gasteiger partial charge in [-0.3, -0.25) is 0 Å². The van der Waals surface area contributed by atoms with Crippen LogP contribution in [0.25, 0.3) is 11.3 Å². The predicted octanol–water partition coefficient (Wildman–Crippen LogP) is 3.16. The van der Waals surface area contributed by atoms with Crippen LogP contribution in [0.3, 0.4) is 0 Å². The molecule has 5 heteroatoms. The zero-order chi connectivity index (χ0) is 16.8. The molecule has 3 aromatic rings. The van der Waals surface area contributed by atoms with Gasteiger partial charge in [0.15, 0.2) is 0 Å². The summed E-state index contributed by atoms with van der Waals surface area (Å²) in [5, 5.41) is 17.2. The van der Waals surface area contributed by atoms with Gasteiger partial charge in [0.1, 0.15) is 11.6 Å². The highest BCUT2D eigenvalue weighted by atomic mass is 16.5.